The van der Waals surface area contributed by atoms with E-state index in [1.807, 2.05) is 36.7 Å². The van der Waals surface area contributed by atoms with Crippen molar-refractivity contribution in [3.63, 3.8) is 0 Å². The third-order valence-corrected chi connectivity index (χ3v) is 7.59. The first-order valence-corrected chi connectivity index (χ1v) is 12.1. The number of aromatic amines is 1. The fourth-order valence-electron chi connectivity index (χ4n) is 4.46. The number of morpholine rings is 1. The molecule has 1 amide bonds. The van der Waals surface area contributed by atoms with Crippen LogP contribution >= 0.6 is 11.8 Å². The summed E-state index contributed by atoms with van der Waals surface area (Å²) in [6.07, 6.45) is 6.00. The predicted octanol–water partition coefficient (Wildman–Crippen LogP) is 3.00. The van der Waals surface area contributed by atoms with E-state index in [0.29, 0.717) is 24.6 Å². The zero-order valence-corrected chi connectivity index (χ0v) is 19.4. The Morgan fingerprint density at radius 3 is 2.94 bits per heavy atom. The second-order valence-electron chi connectivity index (χ2n) is 8.28. The van der Waals surface area contributed by atoms with E-state index in [0.717, 1.165) is 57.9 Å². The highest BCUT2D eigenvalue weighted by Crippen LogP contribution is 2.50. The Morgan fingerprint density at radius 2 is 2.09 bits per heavy atom. The van der Waals surface area contributed by atoms with Crippen LogP contribution < -0.4 is 10.2 Å². The minimum atomic E-state index is -0.140. The summed E-state index contributed by atoms with van der Waals surface area (Å²) < 4.78 is 5.59. The third-order valence-electron chi connectivity index (χ3n) is 6.21. The zero-order chi connectivity index (χ0) is 23.1. The zero-order valence-electron chi connectivity index (χ0n) is 18.6. The SMILES string of the molecule is CNC(=O)c1cncc(C2Cc3nc(-c4cccc5[nH]ncc45)nc(N4CCOCC4)c3S2)c1. The number of carbonyl (C=O) groups excluding carboxylic acids is 1. The van der Waals surface area contributed by atoms with Crippen LogP contribution in [-0.4, -0.2) is 64.4 Å². The van der Waals surface area contributed by atoms with E-state index in [2.05, 4.69) is 25.4 Å². The number of rotatable bonds is 4. The molecule has 10 heteroatoms. The normalized spacial score (nSPS) is 17.7. The molecule has 0 aliphatic carbocycles. The van der Waals surface area contributed by atoms with Crippen molar-refractivity contribution < 1.29 is 9.53 Å². The number of nitrogens with zero attached hydrogens (tertiary/aromatic N) is 5. The Kier molecular flexibility index (Phi) is 5.39. The molecule has 1 atom stereocenters. The van der Waals surface area contributed by atoms with Gasteiger partial charge in [0.2, 0.25) is 0 Å². The molecular weight excluding hydrogens is 450 g/mol. The Morgan fingerprint density at radius 1 is 1.21 bits per heavy atom. The maximum atomic E-state index is 12.1. The van der Waals surface area contributed by atoms with Gasteiger partial charge in [0.1, 0.15) is 5.82 Å². The molecule has 34 heavy (non-hydrogen) atoms. The van der Waals surface area contributed by atoms with E-state index < -0.39 is 0 Å². The second-order valence-corrected chi connectivity index (χ2v) is 9.49. The van der Waals surface area contributed by atoms with Gasteiger partial charge in [-0.15, -0.1) is 11.8 Å². The Balaban J connectivity index is 1.43. The van der Waals surface area contributed by atoms with Crippen molar-refractivity contribution in [2.75, 3.05) is 38.3 Å². The van der Waals surface area contributed by atoms with Gasteiger partial charge >= 0.3 is 0 Å². The van der Waals surface area contributed by atoms with E-state index in [4.69, 9.17) is 14.7 Å². The Hall–Kier alpha value is -3.50. The van der Waals surface area contributed by atoms with Gasteiger partial charge in [-0.3, -0.25) is 14.9 Å². The van der Waals surface area contributed by atoms with Crippen LogP contribution in [0.4, 0.5) is 5.82 Å². The third kappa shape index (κ3) is 3.68. The topological polar surface area (TPSA) is 109 Å². The quantitative estimate of drug-likeness (QED) is 0.466. The van der Waals surface area contributed by atoms with E-state index in [1.54, 1.807) is 25.0 Å². The monoisotopic (exact) mass is 473 g/mol. The summed E-state index contributed by atoms with van der Waals surface area (Å²) in [7, 11) is 1.63. The molecule has 1 aromatic carbocycles. The summed E-state index contributed by atoms with van der Waals surface area (Å²) >= 11 is 1.75. The Labute approximate surface area is 200 Å². The fourth-order valence-corrected chi connectivity index (χ4v) is 5.80. The average molecular weight is 474 g/mol. The number of hydrogen-bond donors (Lipinski definition) is 2. The molecule has 1 saturated heterocycles. The number of hydrogen-bond acceptors (Lipinski definition) is 8. The maximum Gasteiger partial charge on any atom is 0.252 e. The molecule has 0 spiro atoms. The van der Waals surface area contributed by atoms with E-state index in [-0.39, 0.29) is 11.2 Å². The number of pyridine rings is 1. The van der Waals surface area contributed by atoms with Gasteiger partial charge in [0, 0.05) is 55.2 Å². The van der Waals surface area contributed by atoms with Crippen LogP contribution in [0.25, 0.3) is 22.3 Å². The molecule has 0 bridgehead atoms. The molecule has 4 aromatic rings. The molecular formula is C24H23N7O2S. The summed E-state index contributed by atoms with van der Waals surface area (Å²) in [5.41, 5.74) is 4.50. The highest BCUT2D eigenvalue weighted by Gasteiger charge is 2.32. The van der Waals surface area contributed by atoms with Crippen molar-refractivity contribution in [2.24, 2.45) is 0 Å². The van der Waals surface area contributed by atoms with Crippen LogP contribution in [0, 0.1) is 0 Å². The molecule has 1 unspecified atom stereocenters. The maximum absolute atomic E-state index is 12.1. The minimum absolute atomic E-state index is 0.112. The van der Waals surface area contributed by atoms with Crippen molar-refractivity contribution in [3.8, 4) is 11.4 Å². The highest BCUT2D eigenvalue weighted by atomic mass is 32.2. The summed E-state index contributed by atoms with van der Waals surface area (Å²) in [6.45, 7) is 2.94. The summed E-state index contributed by atoms with van der Waals surface area (Å²) in [4.78, 5) is 29.9. The number of anilines is 1. The summed E-state index contributed by atoms with van der Waals surface area (Å²) in [5.74, 6) is 1.51. The molecule has 6 rings (SSSR count). The van der Waals surface area contributed by atoms with E-state index in [1.165, 1.54) is 0 Å². The first-order chi connectivity index (χ1) is 16.7. The standard InChI is InChI=1S/C24H23N7O2S/c1-25-24(32)15-9-14(11-26-12-15)20-10-19-21(34-20)23(31-5-7-33-8-6-31)29-22(28-19)16-3-2-4-18-17(16)13-27-30-18/h2-4,9,11-13,20H,5-8,10H2,1H3,(H,25,32)(H,27,30). The highest BCUT2D eigenvalue weighted by molar-refractivity contribution is 8.00. The number of fused-ring (bicyclic) bond motifs is 2. The van der Waals surface area contributed by atoms with Crippen molar-refractivity contribution in [2.45, 2.75) is 16.6 Å². The smallest absolute Gasteiger partial charge is 0.252 e. The lowest BCUT2D eigenvalue weighted by molar-refractivity contribution is 0.0962. The summed E-state index contributed by atoms with van der Waals surface area (Å²) in [5, 5.41) is 11.0. The van der Waals surface area contributed by atoms with Gasteiger partial charge in [-0.1, -0.05) is 12.1 Å². The minimum Gasteiger partial charge on any atom is -0.378 e. The number of amides is 1. The molecule has 5 heterocycles. The number of nitrogens with one attached hydrogen (secondary N) is 2. The lowest BCUT2D eigenvalue weighted by atomic mass is 10.1. The number of aromatic nitrogens is 5. The van der Waals surface area contributed by atoms with E-state index >= 15 is 0 Å². The number of H-pyrrole nitrogens is 1. The molecule has 172 valence electrons. The van der Waals surface area contributed by atoms with Gasteiger partial charge in [0.25, 0.3) is 5.91 Å². The second kappa shape index (κ2) is 8.69. The van der Waals surface area contributed by atoms with Gasteiger partial charge < -0.3 is 15.0 Å². The van der Waals surface area contributed by atoms with Gasteiger partial charge in [-0.05, 0) is 17.7 Å². The van der Waals surface area contributed by atoms with Gasteiger partial charge in [0.15, 0.2) is 5.82 Å². The molecule has 1 fully saturated rings. The molecule has 9 nitrogen and oxygen atoms in total. The first-order valence-electron chi connectivity index (χ1n) is 11.2. The first kappa shape index (κ1) is 21.1. The van der Waals surface area contributed by atoms with Crippen molar-refractivity contribution in [1.29, 1.82) is 0 Å². The van der Waals surface area contributed by atoms with Gasteiger partial charge in [-0.25, -0.2) is 9.97 Å². The lowest BCUT2D eigenvalue weighted by Crippen LogP contribution is -2.37. The largest absolute Gasteiger partial charge is 0.378 e. The van der Waals surface area contributed by atoms with Gasteiger partial charge in [-0.2, -0.15) is 5.10 Å². The number of carbonyl (C=O) groups is 1. The predicted molar refractivity (Wildman–Crippen MR) is 130 cm³/mol. The number of ether oxygens (including phenoxy) is 1. The number of benzene rings is 1. The lowest BCUT2D eigenvalue weighted by Gasteiger charge is -2.29. The van der Waals surface area contributed by atoms with Crippen molar-refractivity contribution in [1.82, 2.24) is 30.5 Å². The Bertz CT molecular complexity index is 1380. The van der Waals surface area contributed by atoms with Gasteiger partial charge in [0.05, 0.1) is 41.1 Å². The molecule has 0 radical (unpaired) electrons. The van der Waals surface area contributed by atoms with Crippen LogP contribution in [0.2, 0.25) is 0 Å². The van der Waals surface area contributed by atoms with Crippen LogP contribution in [0.15, 0.2) is 47.8 Å². The van der Waals surface area contributed by atoms with Crippen LogP contribution in [-0.2, 0) is 11.2 Å². The molecule has 2 aliphatic heterocycles. The molecule has 3 aromatic heterocycles. The average Bonchev–Trinajstić information content (AvgIpc) is 3.55. The van der Waals surface area contributed by atoms with Crippen LogP contribution in [0.1, 0.15) is 26.9 Å². The fraction of sp³-hybridized carbons (Fsp3) is 0.292. The number of thioether (sulfide) groups is 1. The summed E-state index contributed by atoms with van der Waals surface area (Å²) in [6, 6.07) is 7.96. The van der Waals surface area contributed by atoms with E-state index in [9.17, 15) is 4.79 Å². The molecule has 2 aliphatic rings. The van der Waals surface area contributed by atoms with Crippen molar-refractivity contribution >= 4 is 34.4 Å². The molecule has 0 saturated carbocycles. The molecule has 2 N–H and O–H groups in total. The van der Waals surface area contributed by atoms with Crippen LogP contribution in [0.3, 0.4) is 0 Å². The van der Waals surface area contributed by atoms with Crippen LogP contribution in [0.5, 0.6) is 0 Å². The van der Waals surface area contributed by atoms with Crippen molar-refractivity contribution in [3.05, 3.63) is 59.7 Å².